The fraction of sp³-hybridized carbons (Fsp3) is 0.400. The summed E-state index contributed by atoms with van der Waals surface area (Å²) in [6.07, 6.45) is 2.39. The molecule has 1 aromatic carbocycles. The van der Waals surface area contributed by atoms with E-state index >= 15 is 0 Å². The van der Waals surface area contributed by atoms with Gasteiger partial charge in [-0.1, -0.05) is 37.3 Å². The topological polar surface area (TPSA) is 41.6 Å². The van der Waals surface area contributed by atoms with Crippen LogP contribution < -0.4 is 5.32 Å². The Morgan fingerprint density at radius 3 is 2.85 bits per heavy atom. The minimum absolute atomic E-state index is 0.316. The lowest BCUT2D eigenvalue weighted by Gasteiger charge is -2.32. The second kappa shape index (κ2) is 8.64. The van der Waals surface area contributed by atoms with Crippen molar-refractivity contribution in [3.63, 3.8) is 0 Å². The highest BCUT2D eigenvalue weighted by atomic mass is 32.1. The van der Waals surface area contributed by atoms with Crippen LogP contribution >= 0.6 is 23.6 Å². The molecule has 2 heterocycles. The van der Waals surface area contributed by atoms with Gasteiger partial charge >= 0.3 is 5.97 Å². The molecule has 0 aliphatic carbocycles. The van der Waals surface area contributed by atoms with Gasteiger partial charge in [-0.2, -0.15) is 0 Å². The molecule has 3 rings (SSSR count). The summed E-state index contributed by atoms with van der Waals surface area (Å²) in [5.74, 6) is 0.319. The number of carbonyl (C=O) groups is 1. The van der Waals surface area contributed by atoms with Gasteiger partial charge in [-0.25, -0.2) is 4.79 Å². The monoisotopic (exact) mass is 388 g/mol. The molecule has 0 unspecified atom stereocenters. The molecular weight excluding hydrogens is 364 g/mol. The Kier molecular flexibility index (Phi) is 6.27. The zero-order valence-corrected chi connectivity index (χ0v) is 16.8. The molecule has 138 valence electrons. The molecule has 0 amide bonds. The highest BCUT2D eigenvalue weighted by Crippen LogP contribution is 2.36. The fourth-order valence-electron chi connectivity index (χ4n) is 3.14. The minimum atomic E-state index is -0.316. The first-order chi connectivity index (χ1) is 12.6. The molecule has 26 heavy (non-hydrogen) atoms. The number of rotatable bonds is 4. The zero-order chi connectivity index (χ0) is 18.5. The molecule has 4 nitrogen and oxygen atoms in total. The number of ether oxygens (including phenoxy) is 1. The van der Waals surface area contributed by atoms with Crippen molar-refractivity contribution in [2.45, 2.75) is 26.7 Å². The molecule has 1 aliphatic rings. The third-order valence-electron chi connectivity index (χ3n) is 4.45. The van der Waals surface area contributed by atoms with Crippen molar-refractivity contribution in [3.8, 4) is 10.4 Å². The largest absolute Gasteiger partial charge is 0.462 e. The van der Waals surface area contributed by atoms with Crippen LogP contribution in [0.1, 0.15) is 37.0 Å². The van der Waals surface area contributed by atoms with Crippen LogP contribution in [-0.2, 0) is 4.74 Å². The molecule has 1 fully saturated rings. The summed E-state index contributed by atoms with van der Waals surface area (Å²) in [7, 11) is 0. The van der Waals surface area contributed by atoms with Crippen molar-refractivity contribution in [2.75, 3.05) is 25.0 Å². The maximum absolute atomic E-state index is 12.4. The molecule has 1 N–H and O–H groups in total. The first kappa shape index (κ1) is 18.9. The summed E-state index contributed by atoms with van der Waals surface area (Å²) < 4.78 is 5.23. The van der Waals surface area contributed by atoms with Gasteiger partial charge in [-0.15, -0.1) is 11.3 Å². The molecule has 0 saturated carbocycles. The summed E-state index contributed by atoms with van der Waals surface area (Å²) in [5.41, 5.74) is 1.62. The van der Waals surface area contributed by atoms with Gasteiger partial charge in [-0.3, -0.25) is 0 Å². The Balaban J connectivity index is 1.85. The lowest BCUT2D eigenvalue weighted by atomic mass is 10.0. The van der Waals surface area contributed by atoms with E-state index in [1.807, 2.05) is 43.3 Å². The number of hydrogen-bond acceptors (Lipinski definition) is 4. The highest BCUT2D eigenvalue weighted by molar-refractivity contribution is 7.80. The van der Waals surface area contributed by atoms with Gasteiger partial charge in [0.1, 0.15) is 5.00 Å². The second-order valence-corrected chi connectivity index (χ2v) is 8.00. The summed E-state index contributed by atoms with van der Waals surface area (Å²) in [6, 6.07) is 11.9. The minimum Gasteiger partial charge on any atom is -0.462 e. The number of nitrogens with one attached hydrogen (secondary N) is 1. The van der Waals surface area contributed by atoms with E-state index in [0.29, 0.717) is 23.2 Å². The SMILES string of the molecule is CCOC(=O)c1cc(-c2ccccc2)sc1NC(=S)N1CCC[C@@H](C)C1. The van der Waals surface area contributed by atoms with E-state index in [1.54, 1.807) is 0 Å². The Labute approximate surface area is 164 Å². The molecule has 2 aromatic rings. The van der Waals surface area contributed by atoms with Crippen LogP contribution in [0.4, 0.5) is 5.00 Å². The van der Waals surface area contributed by atoms with E-state index in [9.17, 15) is 4.79 Å². The fourth-order valence-corrected chi connectivity index (χ4v) is 4.52. The van der Waals surface area contributed by atoms with Crippen LogP contribution in [0.5, 0.6) is 0 Å². The molecule has 1 aromatic heterocycles. The third-order valence-corrected chi connectivity index (χ3v) is 5.91. The Hall–Kier alpha value is -1.92. The average Bonchev–Trinajstić information content (AvgIpc) is 3.06. The first-order valence-corrected chi connectivity index (χ1v) is 10.2. The van der Waals surface area contributed by atoms with Crippen molar-refractivity contribution in [1.29, 1.82) is 0 Å². The number of esters is 1. The number of thiophene rings is 1. The van der Waals surface area contributed by atoms with Crippen LogP contribution in [-0.4, -0.2) is 35.7 Å². The van der Waals surface area contributed by atoms with Crippen LogP contribution in [0.15, 0.2) is 36.4 Å². The van der Waals surface area contributed by atoms with Gasteiger partial charge in [0.2, 0.25) is 0 Å². The van der Waals surface area contributed by atoms with Crippen LogP contribution in [0.2, 0.25) is 0 Å². The smallest absolute Gasteiger partial charge is 0.341 e. The molecular formula is C20H24N2O2S2. The van der Waals surface area contributed by atoms with E-state index in [0.717, 1.165) is 35.0 Å². The Morgan fingerprint density at radius 2 is 2.15 bits per heavy atom. The molecule has 1 aliphatic heterocycles. The molecule has 6 heteroatoms. The van der Waals surface area contributed by atoms with Gasteiger partial charge in [-0.05, 0) is 49.5 Å². The van der Waals surface area contributed by atoms with E-state index in [2.05, 4.69) is 17.1 Å². The summed E-state index contributed by atoms with van der Waals surface area (Å²) >= 11 is 7.15. The van der Waals surface area contributed by atoms with Crippen LogP contribution in [0.3, 0.4) is 0 Å². The molecule has 0 radical (unpaired) electrons. The molecule has 0 bridgehead atoms. The molecule has 1 saturated heterocycles. The predicted octanol–water partition coefficient (Wildman–Crippen LogP) is 5.02. The molecule has 0 spiro atoms. The summed E-state index contributed by atoms with van der Waals surface area (Å²) in [4.78, 5) is 15.6. The maximum atomic E-state index is 12.4. The van der Waals surface area contributed by atoms with Crippen LogP contribution in [0.25, 0.3) is 10.4 Å². The number of piperidine rings is 1. The standard InChI is InChI=1S/C20H24N2O2S2/c1-3-24-19(23)16-12-17(15-9-5-4-6-10-15)26-18(16)21-20(25)22-11-7-8-14(2)13-22/h4-6,9-10,12,14H,3,7-8,11,13H2,1-2H3,(H,21,25)/t14-/m1/s1. The van der Waals surface area contributed by atoms with E-state index in [-0.39, 0.29) is 5.97 Å². The molecule has 1 atom stereocenters. The number of benzene rings is 1. The summed E-state index contributed by atoms with van der Waals surface area (Å²) in [5, 5.41) is 4.74. The first-order valence-electron chi connectivity index (χ1n) is 9.00. The highest BCUT2D eigenvalue weighted by Gasteiger charge is 2.22. The average molecular weight is 389 g/mol. The lowest BCUT2D eigenvalue weighted by molar-refractivity contribution is 0.0528. The van der Waals surface area contributed by atoms with E-state index in [4.69, 9.17) is 17.0 Å². The number of likely N-dealkylation sites (tertiary alicyclic amines) is 1. The predicted molar refractivity (Wildman–Crippen MR) is 112 cm³/mol. The van der Waals surface area contributed by atoms with Gasteiger partial charge in [0.25, 0.3) is 0 Å². The quantitative estimate of drug-likeness (QED) is 0.588. The zero-order valence-electron chi connectivity index (χ0n) is 15.2. The van der Waals surface area contributed by atoms with Crippen LogP contribution in [0, 0.1) is 5.92 Å². The second-order valence-electron chi connectivity index (χ2n) is 6.56. The number of carbonyl (C=O) groups excluding carboxylic acids is 1. The number of anilines is 1. The van der Waals surface area contributed by atoms with Crippen molar-refractivity contribution in [1.82, 2.24) is 4.90 Å². The van der Waals surface area contributed by atoms with E-state index < -0.39 is 0 Å². The number of hydrogen-bond donors (Lipinski definition) is 1. The van der Waals surface area contributed by atoms with Gasteiger partial charge in [0.05, 0.1) is 12.2 Å². The summed E-state index contributed by atoms with van der Waals surface area (Å²) in [6.45, 7) is 6.33. The Morgan fingerprint density at radius 1 is 1.38 bits per heavy atom. The van der Waals surface area contributed by atoms with Crippen molar-refractivity contribution >= 4 is 39.6 Å². The van der Waals surface area contributed by atoms with Gasteiger partial charge in [0.15, 0.2) is 5.11 Å². The normalized spacial score (nSPS) is 17.0. The Bertz CT molecular complexity index is 773. The van der Waals surface area contributed by atoms with Crippen molar-refractivity contribution in [3.05, 3.63) is 42.0 Å². The van der Waals surface area contributed by atoms with Crippen molar-refractivity contribution < 1.29 is 9.53 Å². The van der Waals surface area contributed by atoms with Gasteiger partial charge < -0.3 is 15.0 Å². The lowest BCUT2D eigenvalue weighted by Crippen LogP contribution is -2.41. The van der Waals surface area contributed by atoms with Crippen molar-refractivity contribution in [2.24, 2.45) is 5.92 Å². The maximum Gasteiger partial charge on any atom is 0.341 e. The number of nitrogens with zero attached hydrogens (tertiary/aromatic N) is 1. The third kappa shape index (κ3) is 4.43. The van der Waals surface area contributed by atoms with E-state index in [1.165, 1.54) is 17.8 Å². The number of thiocarbonyl (C=S) groups is 1. The van der Waals surface area contributed by atoms with Gasteiger partial charge in [0, 0.05) is 18.0 Å².